The molecule has 0 fully saturated rings. The average molecular weight is 125 g/mol. The molecule has 0 aromatic carbocycles. The van der Waals surface area contributed by atoms with Crippen LogP contribution in [0.5, 0.6) is 0 Å². The molecule has 0 amide bonds. The molecule has 0 saturated heterocycles. The third-order valence-electron chi connectivity index (χ3n) is 1.96. The van der Waals surface area contributed by atoms with E-state index in [1.807, 2.05) is 0 Å². The zero-order valence-electron chi connectivity index (χ0n) is 7.66. The lowest BCUT2D eigenvalue weighted by atomic mass is 8.98. The highest BCUT2D eigenvalue weighted by Gasteiger charge is 1.95. The van der Waals surface area contributed by atoms with Crippen molar-refractivity contribution in [3.8, 4) is 0 Å². The maximum atomic E-state index is 2.27. The van der Waals surface area contributed by atoms with Crippen LogP contribution in [-0.2, 0) is 0 Å². The summed E-state index contributed by atoms with van der Waals surface area (Å²) in [5.74, 6) is 0. The molecule has 0 N–H and O–H groups in total. The standard InChI is InChI=1S/C2H14B8/c3-5-1-2-6-8-10-9-7-4/h5-10H,1-4H2. The normalized spacial score (nSPS) is 7.60. The smallest absolute Gasteiger partial charge is 0.0812 e. The summed E-state index contributed by atoms with van der Waals surface area (Å²) in [5.41, 5.74) is 0. The fourth-order valence-electron chi connectivity index (χ4n) is 1.21. The van der Waals surface area contributed by atoms with E-state index in [-0.39, 0.29) is 0 Å². The summed E-state index contributed by atoms with van der Waals surface area (Å²) in [6, 6.07) is 0. The Bertz CT molecular complexity index is 47.2. The van der Waals surface area contributed by atoms with Crippen LogP contribution in [0.4, 0.5) is 0 Å². The molecule has 0 aromatic heterocycles. The molecule has 0 radical (unpaired) electrons. The van der Waals surface area contributed by atoms with Crippen molar-refractivity contribution >= 4 is 58.1 Å². The average Bonchev–Trinajstić information content (AvgIpc) is 1.97. The Morgan fingerprint density at radius 2 is 1.70 bits per heavy atom. The lowest BCUT2D eigenvalue weighted by Gasteiger charge is -1.91. The number of hydrogen-bond acceptors (Lipinski definition) is 0. The van der Waals surface area contributed by atoms with Gasteiger partial charge in [-0.25, -0.2) is 0 Å². The summed E-state index contributed by atoms with van der Waals surface area (Å²) in [6.45, 7) is 0. The Balaban J connectivity index is 2.65. The van der Waals surface area contributed by atoms with Gasteiger partial charge in [0.2, 0.25) is 0 Å². The second kappa shape index (κ2) is 9.52. The van der Waals surface area contributed by atoms with Crippen LogP contribution in [-0.4, -0.2) is 58.1 Å². The highest BCUT2D eigenvalue weighted by Crippen LogP contribution is 1.82. The van der Waals surface area contributed by atoms with Crippen molar-refractivity contribution in [1.29, 1.82) is 0 Å². The SMILES string of the molecule is BBBBBBCCBB. The van der Waals surface area contributed by atoms with Crippen LogP contribution in [0.15, 0.2) is 0 Å². The van der Waals surface area contributed by atoms with Crippen LogP contribution in [0.1, 0.15) is 0 Å². The van der Waals surface area contributed by atoms with Gasteiger partial charge in [0.15, 0.2) is 0 Å². The largest absolute Gasteiger partial charge is 0.0925 e. The van der Waals surface area contributed by atoms with E-state index in [2.05, 4.69) is 15.5 Å². The summed E-state index contributed by atoms with van der Waals surface area (Å²) in [7, 11) is 13.1. The molecule has 0 spiro atoms. The van der Waals surface area contributed by atoms with Gasteiger partial charge in [-0.15, -0.1) is 0 Å². The molecule has 46 valence electrons. The monoisotopic (exact) mass is 126 g/mol. The van der Waals surface area contributed by atoms with Crippen molar-refractivity contribution in [2.45, 2.75) is 12.6 Å². The maximum Gasteiger partial charge on any atom is 0.0812 e. The van der Waals surface area contributed by atoms with E-state index < -0.39 is 0 Å². The highest BCUT2D eigenvalue weighted by molar-refractivity contribution is 7.57. The summed E-state index contributed by atoms with van der Waals surface area (Å²) in [5, 5.41) is 0. The summed E-state index contributed by atoms with van der Waals surface area (Å²) in [4.78, 5) is 0. The lowest BCUT2D eigenvalue weighted by molar-refractivity contribution is 1.45. The van der Waals surface area contributed by atoms with Gasteiger partial charge in [0.05, 0.1) is 29.8 Å². The first-order chi connectivity index (χ1) is 4.91. The molecule has 0 nitrogen and oxygen atoms in total. The molecule has 0 saturated carbocycles. The van der Waals surface area contributed by atoms with Crippen molar-refractivity contribution in [2.24, 2.45) is 0 Å². The molecule has 0 bridgehead atoms. The molecule has 0 heterocycles. The number of rotatable bonds is 7. The van der Waals surface area contributed by atoms with Gasteiger partial charge >= 0.3 is 0 Å². The third kappa shape index (κ3) is 8.52. The minimum absolute atomic E-state index is 1.37. The van der Waals surface area contributed by atoms with Gasteiger partial charge in [0.1, 0.15) is 0 Å². The van der Waals surface area contributed by atoms with Gasteiger partial charge in [-0.3, -0.25) is 0 Å². The Labute approximate surface area is 71.2 Å². The van der Waals surface area contributed by atoms with Crippen LogP contribution in [0.25, 0.3) is 0 Å². The molecule has 0 aliphatic heterocycles. The molecule has 0 atom stereocenters. The van der Waals surface area contributed by atoms with Gasteiger partial charge < -0.3 is 0 Å². The molecule has 0 rings (SSSR count). The Hall–Kier alpha value is 0.519. The first-order valence-electron chi connectivity index (χ1n) is 4.91. The first kappa shape index (κ1) is 10.5. The maximum absolute atomic E-state index is 2.27. The van der Waals surface area contributed by atoms with Gasteiger partial charge in [0, 0.05) is 28.2 Å². The van der Waals surface area contributed by atoms with E-state index in [4.69, 9.17) is 0 Å². The van der Waals surface area contributed by atoms with Crippen molar-refractivity contribution in [3.63, 3.8) is 0 Å². The van der Waals surface area contributed by atoms with Crippen LogP contribution in [0, 0.1) is 0 Å². The Kier molecular flexibility index (Phi) is 10.0. The molecular formula is C2H14B8. The van der Waals surface area contributed by atoms with Gasteiger partial charge in [-0.1, -0.05) is 12.6 Å². The Morgan fingerprint density at radius 3 is 2.30 bits per heavy atom. The van der Waals surface area contributed by atoms with E-state index in [1.54, 1.807) is 0 Å². The van der Waals surface area contributed by atoms with Crippen molar-refractivity contribution in [2.75, 3.05) is 0 Å². The van der Waals surface area contributed by atoms with E-state index in [0.29, 0.717) is 0 Å². The molecule has 0 aliphatic rings. The van der Waals surface area contributed by atoms with Gasteiger partial charge in [-0.2, -0.15) is 0 Å². The van der Waals surface area contributed by atoms with E-state index >= 15 is 0 Å². The fourth-order valence-corrected chi connectivity index (χ4v) is 1.21. The van der Waals surface area contributed by atoms with Crippen LogP contribution < -0.4 is 0 Å². The zero-order chi connectivity index (χ0) is 7.66. The van der Waals surface area contributed by atoms with Gasteiger partial charge in [-0.05, 0) is 0 Å². The number of hydrogen-bond donors (Lipinski definition) is 0. The third-order valence-corrected chi connectivity index (χ3v) is 1.96. The van der Waals surface area contributed by atoms with E-state index in [1.165, 1.54) is 55.2 Å². The zero-order valence-corrected chi connectivity index (χ0v) is 7.66. The predicted octanol–water partition coefficient (Wildman–Crippen LogP) is -4.80. The summed E-state index contributed by atoms with van der Waals surface area (Å²) >= 11 is 0. The predicted molar refractivity (Wildman–Crippen MR) is 69.6 cm³/mol. The van der Waals surface area contributed by atoms with Crippen molar-refractivity contribution in [3.05, 3.63) is 0 Å². The van der Waals surface area contributed by atoms with Gasteiger partial charge in [0.25, 0.3) is 0 Å². The van der Waals surface area contributed by atoms with Crippen molar-refractivity contribution in [1.82, 2.24) is 0 Å². The second-order valence-corrected chi connectivity index (χ2v) is 3.12. The second-order valence-electron chi connectivity index (χ2n) is 3.12. The first-order valence-corrected chi connectivity index (χ1v) is 4.91. The Morgan fingerprint density at radius 1 is 0.900 bits per heavy atom. The summed E-state index contributed by atoms with van der Waals surface area (Å²) in [6.07, 6.45) is 2.90. The molecular weight excluding hydrogens is 111 g/mol. The molecule has 0 aliphatic carbocycles. The topological polar surface area (TPSA) is 0 Å². The van der Waals surface area contributed by atoms with E-state index in [0.717, 1.165) is 0 Å². The molecule has 0 aromatic rings. The minimum atomic E-state index is 1.37. The lowest BCUT2D eigenvalue weighted by Crippen LogP contribution is -2.23. The van der Waals surface area contributed by atoms with E-state index in [9.17, 15) is 0 Å². The minimum Gasteiger partial charge on any atom is -0.0925 e. The molecule has 0 unspecified atom stereocenters. The quantitative estimate of drug-likeness (QED) is 0.236. The van der Waals surface area contributed by atoms with Crippen LogP contribution in [0.3, 0.4) is 0 Å². The van der Waals surface area contributed by atoms with Crippen LogP contribution in [0.2, 0.25) is 12.6 Å². The van der Waals surface area contributed by atoms with Crippen molar-refractivity contribution < 1.29 is 0 Å². The van der Waals surface area contributed by atoms with Crippen LogP contribution >= 0.6 is 0 Å². The highest BCUT2D eigenvalue weighted by atomic mass is 13.5. The summed E-state index contributed by atoms with van der Waals surface area (Å²) < 4.78 is 0. The molecule has 10 heavy (non-hydrogen) atoms. The molecule has 8 heteroatoms. The fraction of sp³-hybridized carbons (Fsp3) is 1.00.